The maximum absolute atomic E-state index is 11.7. The third kappa shape index (κ3) is 4.68. The highest BCUT2D eigenvalue weighted by atomic mass is 35.5. The van der Waals surface area contributed by atoms with Gasteiger partial charge in [0.25, 0.3) is 5.89 Å². The van der Waals surface area contributed by atoms with Gasteiger partial charge < -0.3 is 9.84 Å². The lowest BCUT2D eigenvalue weighted by atomic mass is 10.2. The Labute approximate surface area is 159 Å². The highest BCUT2D eigenvalue weighted by molar-refractivity contribution is 7.89. The lowest BCUT2D eigenvalue weighted by molar-refractivity contribution is 0.190. The highest BCUT2D eigenvalue weighted by Crippen LogP contribution is 2.18. The molecule has 1 aromatic carbocycles. The summed E-state index contributed by atoms with van der Waals surface area (Å²) in [5.74, 6) is 1.07. The highest BCUT2D eigenvalue weighted by Gasteiger charge is 2.24. The van der Waals surface area contributed by atoms with E-state index in [0.29, 0.717) is 11.7 Å². The van der Waals surface area contributed by atoms with Crippen LogP contribution in [-0.4, -0.2) is 57.2 Å². The van der Waals surface area contributed by atoms with Crippen molar-refractivity contribution in [2.45, 2.75) is 10.9 Å². The average Bonchev–Trinajstić information content (AvgIpc) is 3.09. The van der Waals surface area contributed by atoms with E-state index in [1.807, 2.05) is 7.05 Å². The predicted octanol–water partition coefficient (Wildman–Crippen LogP) is 1.15. The summed E-state index contributed by atoms with van der Waals surface area (Å²) < 4.78 is 31.0. The van der Waals surface area contributed by atoms with Crippen molar-refractivity contribution in [1.29, 1.82) is 0 Å². The molecule has 0 radical (unpaired) electrons. The van der Waals surface area contributed by atoms with E-state index in [1.165, 1.54) is 7.05 Å². The Balaban J connectivity index is 0.00000243. The van der Waals surface area contributed by atoms with E-state index >= 15 is 0 Å². The Hall–Kier alpha value is -1.78. The Morgan fingerprint density at radius 3 is 2.69 bits per heavy atom. The first kappa shape index (κ1) is 20.5. The number of likely N-dealkylation sites (N-methyl/N-ethyl adjacent to an activating group) is 1. The van der Waals surface area contributed by atoms with Crippen molar-refractivity contribution in [2.75, 3.05) is 33.7 Å². The molecule has 0 bridgehead atoms. The lowest BCUT2D eigenvalue weighted by Crippen LogP contribution is -2.44. The molecule has 0 spiro atoms. The summed E-state index contributed by atoms with van der Waals surface area (Å²) in [6.45, 7) is 2.68. The number of rotatable bonds is 5. The summed E-state index contributed by atoms with van der Waals surface area (Å²) in [5.41, 5.74) is 0.839. The van der Waals surface area contributed by atoms with Crippen molar-refractivity contribution < 1.29 is 12.9 Å². The summed E-state index contributed by atoms with van der Waals surface area (Å²) in [6.07, 6.45) is 3.52. The van der Waals surface area contributed by atoms with Gasteiger partial charge in [0, 0.05) is 25.7 Å². The minimum Gasteiger partial charge on any atom is -0.335 e. The predicted molar refractivity (Wildman–Crippen MR) is 101 cm³/mol. The van der Waals surface area contributed by atoms with E-state index in [0.717, 1.165) is 25.2 Å². The van der Waals surface area contributed by atoms with Crippen LogP contribution in [0.15, 0.2) is 33.7 Å². The van der Waals surface area contributed by atoms with E-state index < -0.39 is 10.0 Å². The normalized spacial score (nSPS) is 18.8. The molecule has 0 aliphatic carbocycles. The van der Waals surface area contributed by atoms with E-state index in [9.17, 15) is 8.42 Å². The third-order valence-electron chi connectivity index (χ3n) is 4.14. The van der Waals surface area contributed by atoms with Crippen LogP contribution in [0.3, 0.4) is 0 Å². The van der Waals surface area contributed by atoms with Crippen molar-refractivity contribution >= 4 is 34.6 Å². The molecule has 1 fully saturated rings. The van der Waals surface area contributed by atoms with Crippen molar-refractivity contribution in [1.82, 2.24) is 25.1 Å². The third-order valence-corrected chi connectivity index (χ3v) is 5.57. The molecule has 1 unspecified atom stereocenters. The maximum Gasteiger partial charge on any atom is 0.250 e. The summed E-state index contributed by atoms with van der Waals surface area (Å²) in [6, 6.07) is 6.64. The van der Waals surface area contributed by atoms with Crippen molar-refractivity contribution in [2.24, 2.45) is 0 Å². The van der Waals surface area contributed by atoms with Crippen LogP contribution in [0.5, 0.6) is 0 Å². The fourth-order valence-corrected chi connectivity index (χ4v) is 3.32. The van der Waals surface area contributed by atoms with E-state index in [2.05, 4.69) is 25.1 Å². The first-order valence-electron chi connectivity index (χ1n) is 7.96. The lowest BCUT2D eigenvalue weighted by Gasteiger charge is -2.30. The molecule has 1 aromatic heterocycles. The molecular weight excluding hydrogens is 378 g/mol. The number of hydrogen-bond donors (Lipinski definition) is 2. The molecule has 26 heavy (non-hydrogen) atoms. The second kappa shape index (κ2) is 8.74. The van der Waals surface area contributed by atoms with Crippen molar-refractivity contribution in [3.63, 3.8) is 0 Å². The van der Waals surface area contributed by atoms with Gasteiger partial charge in [-0.3, -0.25) is 4.90 Å². The largest absolute Gasteiger partial charge is 0.335 e. The number of hydrogen-bond acceptors (Lipinski definition) is 7. The average molecular weight is 400 g/mol. The van der Waals surface area contributed by atoms with Gasteiger partial charge >= 0.3 is 0 Å². The summed E-state index contributed by atoms with van der Waals surface area (Å²) in [5, 5.41) is 7.37. The molecule has 1 aliphatic heterocycles. The first-order chi connectivity index (χ1) is 12.0. The summed E-state index contributed by atoms with van der Waals surface area (Å²) >= 11 is 0. The second-order valence-electron chi connectivity index (χ2n) is 5.80. The smallest absolute Gasteiger partial charge is 0.250 e. The minimum atomic E-state index is -3.42. The SMILES string of the molecule is CNS(=O)(=O)c1ccc(/C=C/c2nc(C3CNCCN3C)no2)cc1.Cl. The summed E-state index contributed by atoms with van der Waals surface area (Å²) in [7, 11) is 0.00237. The Morgan fingerprint density at radius 1 is 1.31 bits per heavy atom. The molecule has 2 heterocycles. The molecule has 2 aromatic rings. The van der Waals surface area contributed by atoms with Gasteiger partial charge in [-0.15, -0.1) is 12.4 Å². The van der Waals surface area contributed by atoms with Gasteiger partial charge in [-0.1, -0.05) is 17.3 Å². The van der Waals surface area contributed by atoms with Crippen LogP contribution in [-0.2, 0) is 10.0 Å². The van der Waals surface area contributed by atoms with E-state index in [4.69, 9.17) is 4.52 Å². The van der Waals surface area contributed by atoms with Gasteiger partial charge in [0.15, 0.2) is 5.82 Å². The van der Waals surface area contributed by atoms with Crippen LogP contribution in [0.2, 0.25) is 0 Å². The van der Waals surface area contributed by atoms with E-state index in [1.54, 1.807) is 36.4 Å². The molecule has 0 amide bonds. The Morgan fingerprint density at radius 2 is 2.04 bits per heavy atom. The molecule has 0 saturated carbocycles. The molecule has 10 heteroatoms. The molecule has 1 saturated heterocycles. The zero-order chi connectivity index (χ0) is 17.9. The van der Waals surface area contributed by atoms with Crippen LogP contribution in [0.4, 0.5) is 0 Å². The molecule has 8 nitrogen and oxygen atoms in total. The van der Waals surface area contributed by atoms with Crippen LogP contribution >= 0.6 is 12.4 Å². The molecular formula is C16H22ClN5O3S. The van der Waals surface area contributed by atoms with E-state index in [-0.39, 0.29) is 23.3 Å². The van der Waals surface area contributed by atoms with Gasteiger partial charge in [0.1, 0.15) is 0 Å². The number of nitrogens with one attached hydrogen (secondary N) is 2. The molecule has 3 rings (SSSR count). The van der Waals surface area contributed by atoms with Crippen LogP contribution in [0.1, 0.15) is 23.3 Å². The fourth-order valence-electron chi connectivity index (χ4n) is 2.59. The monoisotopic (exact) mass is 399 g/mol. The zero-order valence-corrected chi connectivity index (χ0v) is 16.2. The van der Waals surface area contributed by atoms with Crippen LogP contribution in [0, 0.1) is 0 Å². The van der Waals surface area contributed by atoms with Crippen molar-refractivity contribution in [3.05, 3.63) is 41.5 Å². The van der Waals surface area contributed by atoms with Gasteiger partial charge in [0.05, 0.1) is 10.9 Å². The summed E-state index contributed by atoms with van der Waals surface area (Å²) in [4.78, 5) is 6.83. The van der Waals surface area contributed by atoms with Crippen LogP contribution in [0.25, 0.3) is 12.2 Å². The Bertz CT molecular complexity index is 851. The molecule has 1 atom stereocenters. The number of benzene rings is 1. The molecule has 2 N–H and O–H groups in total. The van der Waals surface area contributed by atoms with Crippen LogP contribution < -0.4 is 10.0 Å². The number of sulfonamides is 1. The molecule has 1 aliphatic rings. The molecule has 142 valence electrons. The zero-order valence-electron chi connectivity index (χ0n) is 14.5. The van der Waals surface area contributed by atoms with Gasteiger partial charge in [0.2, 0.25) is 10.0 Å². The fraction of sp³-hybridized carbons (Fsp3) is 0.375. The number of piperazine rings is 1. The first-order valence-corrected chi connectivity index (χ1v) is 9.44. The van der Waals surface area contributed by atoms with Gasteiger partial charge in [-0.05, 0) is 37.9 Å². The number of aromatic nitrogens is 2. The van der Waals surface area contributed by atoms with Gasteiger partial charge in [-0.2, -0.15) is 4.98 Å². The standard InChI is InChI=1S/C16H21N5O3S.ClH/c1-17-25(22,23)13-6-3-12(4-7-13)5-8-15-19-16(20-24-15)14-11-18-9-10-21(14)2;/h3-8,14,17-18H,9-11H2,1-2H3;1H/b8-5+;. The number of nitrogens with zero attached hydrogens (tertiary/aromatic N) is 3. The Kier molecular flexibility index (Phi) is 6.90. The topological polar surface area (TPSA) is 100 Å². The minimum absolute atomic E-state index is 0. The quantitative estimate of drug-likeness (QED) is 0.777. The maximum atomic E-state index is 11.7. The second-order valence-corrected chi connectivity index (χ2v) is 7.69. The van der Waals surface area contributed by atoms with Crippen molar-refractivity contribution in [3.8, 4) is 0 Å². The number of halogens is 1. The van der Waals surface area contributed by atoms with Gasteiger partial charge in [-0.25, -0.2) is 13.1 Å².